The second kappa shape index (κ2) is 5.73. The maximum absolute atomic E-state index is 12.6. The highest BCUT2D eigenvalue weighted by Gasteiger charge is 2.16. The predicted molar refractivity (Wildman–Crippen MR) is 94.5 cm³/mol. The van der Waals surface area contributed by atoms with Gasteiger partial charge in [-0.25, -0.2) is 0 Å². The van der Waals surface area contributed by atoms with Gasteiger partial charge in [-0.2, -0.15) is 0 Å². The molecule has 0 aliphatic heterocycles. The van der Waals surface area contributed by atoms with Gasteiger partial charge < -0.3 is 18.9 Å². The van der Waals surface area contributed by atoms with E-state index < -0.39 is 11.9 Å². The predicted octanol–water partition coefficient (Wildman–Crippen LogP) is 3.28. The molecule has 7 heteroatoms. The van der Waals surface area contributed by atoms with Crippen LogP contribution in [0.4, 0.5) is 0 Å². The van der Waals surface area contributed by atoms with E-state index in [1.54, 1.807) is 36.4 Å². The number of benzene rings is 2. The van der Waals surface area contributed by atoms with Crippen LogP contribution in [0, 0.1) is 0 Å². The molecule has 0 unspecified atom stereocenters. The van der Waals surface area contributed by atoms with E-state index in [0.29, 0.717) is 44.3 Å². The summed E-state index contributed by atoms with van der Waals surface area (Å²) in [4.78, 5) is 37.6. The van der Waals surface area contributed by atoms with Crippen molar-refractivity contribution in [1.82, 2.24) is 4.98 Å². The fourth-order valence-corrected chi connectivity index (χ4v) is 2.96. The molecule has 0 radical (unpaired) electrons. The zero-order valence-corrected chi connectivity index (χ0v) is 13.9. The summed E-state index contributed by atoms with van der Waals surface area (Å²) in [5.41, 5.74) is 1.00. The van der Waals surface area contributed by atoms with E-state index >= 15 is 0 Å². The summed E-state index contributed by atoms with van der Waals surface area (Å²) in [6, 6.07) is 9.74. The maximum atomic E-state index is 12.6. The molecule has 0 saturated heterocycles. The molecule has 0 aliphatic rings. The molecule has 4 rings (SSSR count). The lowest BCUT2D eigenvalue weighted by Gasteiger charge is -2.03. The Morgan fingerprint density at radius 3 is 2.19 bits per heavy atom. The van der Waals surface area contributed by atoms with Crippen LogP contribution in [-0.4, -0.2) is 16.9 Å². The van der Waals surface area contributed by atoms with Crippen molar-refractivity contribution in [3.05, 3.63) is 46.8 Å². The van der Waals surface area contributed by atoms with Crippen molar-refractivity contribution in [1.29, 1.82) is 0 Å². The fraction of sp³-hybridized carbons (Fsp3) is 0.105. The van der Waals surface area contributed by atoms with Crippen molar-refractivity contribution in [2.45, 2.75) is 13.8 Å². The van der Waals surface area contributed by atoms with Gasteiger partial charge >= 0.3 is 11.9 Å². The van der Waals surface area contributed by atoms with Gasteiger partial charge in [0.05, 0.1) is 10.9 Å². The number of pyridine rings is 1. The van der Waals surface area contributed by atoms with Gasteiger partial charge in [0.15, 0.2) is 0 Å². The van der Waals surface area contributed by atoms with Crippen molar-refractivity contribution in [2.24, 2.45) is 0 Å². The van der Waals surface area contributed by atoms with Crippen molar-refractivity contribution >= 4 is 44.8 Å². The Labute approximate surface area is 146 Å². The number of aromatic nitrogens is 1. The lowest BCUT2D eigenvalue weighted by atomic mass is 10.1. The number of furan rings is 1. The first-order chi connectivity index (χ1) is 12.4. The molecule has 26 heavy (non-hydrogen) atoms. The minimum Gasteiger partial charge on any atom is -0.455 e. The number of carbonyl (C=O) groups excluding carboxylic acids is 2. The molecule has 0 atom stereocenters. The Balaban J connectivity index is 1.98. The number of rotatable bonds is 2. The monoisotopic (exact) mass is 351 g/mol. The zero-order valence-electron chi connectivity index (χ0n) is 13.9. The maximum Gasteiger partial charge on any atom is 0.308 e. The van der Waals surface area contributed by atoms with Crippen molar-refractivity contribution in [3.63, 3.8) is 0 Å². The molecule has 0 spiro atoms. The number of carbonyl (C=O) groups is 2. The second-order valence-corrected chi connectivity index (χ2v) is 5.81. The van der Waals surface area contributed by atoms with Crippen molar-refractivity contribution in [3.8, 4) is 11.5 Å². The Morgan fingerprint density at radius 2 is 1.54 bits per heavy atom. The minimum atomic E-state index is -0.450. The van der Waals surface area contributed by atoms with Crippen LogP contribution in [-0.2, 0) is 9.59 Å². The molecular formula is C19H13NO6. The number of nitrogens with one attached hydrogen (secondary N) is 1. The van der Waals surface area contributed by atoms with Crippen LogP contribution in [0.25, 0.3) is 32.8 Å². The van der Waals surface area contributed by atoms with Gasteiger partial charge in [0, 0.05) is 36.8 Å². The van der Waals surface area contributed by atoms with E-state index in [0.717, 1.165) is 0 Å². The van der Waals surface area contributed by atoms with Gasteiger partial charge in [-0.05, 0) is 24.3 Å². The van der Waals surface area contributed by atoms with Crippen LogP contribution in [0.1, 0.15) is 13.8 Å². The third-order valence-electron chi connectivity index (χ3n) is 3.90. The molecule has 1 N–H and O–H groups in total. The van der Waals surface area contributed by atoms with E-state index in [9.17, 15) is 14.4 Å². The summed E-state index contributed by atoms with van der Waals surface area (Å²) in [6.45, 7) is 2.61. The molecule has 0 fully saturated rings. The summed E-state index contributed by atoms with van der Waals surface area (Å²) < 4.78 is 16.0. The molecule has 0 bridgehead atoms. The van der Waals surface area contributed by atoms with E-state index in [4.69, 9.17) is 13.9 Å². The molecule has 7 nitrogen and oxygen atoms in total. The second-order valence-electron chi connectivity index (χ2n) is 5.81. The molecule has 2 aromatic heterocycles. The third-order valence-corrected chi connectivity index (χ3v) is 3.90. The lowest BCUT2D eigenvalue weighted by molar-refractivity contribution is -0.132. The normalized spacial score (nSPS) is 11.2. The molecule has 2 heterocycles. The van der Waals surface area contributed by atoms with Gasteiger partial charge in [-0.3, -0.25) is 14.4 Å². The number of hydrogen-bond acceptors (Lipinski definition) is 6. The van der Waals surface area contributed by atoms with E-state index in [1.165, 1.54) is 13.8 Å². The molecule has 0 amide bonds. The van der Waals surface area contributed by atoms with Gasteiger partial charge in [0.1, 0.15) is 22.7 Å². The van der Waals surface area contributed by atoms with Crippen LogP contribution >= 0.6 is 0 Å². The Bertz CT molecular complexity index is 1260. The quantitative estimate of drug-likeness (QED) is 0.439. The summed E-state index contributed by atoms with van der Waals surface area (Å²) in [6.07, 6.45) is 0. The summed E-state index contributed by atoms with van der Waals surface area (Å²) in [5, 5.41) is 1.69. The van der Waals surface area contributed by atoms with E-state index in [-0.39, 0.29) is 5.56 Å². The highest BCUT2D eigenvalue weighted by Crippen LogP contribution is 2.33. The number of H-pyrrole nitrogens is 1. The third kappa shape index (κ3) is 2.59. The van der Waals surface area contributed by atoms with Crippen LogP contribution in [0.2, 0.25) is 0 Å². The number of aromatic amines is 1. The summed E-state index contributed by atoms with van der Waals surface area (Å²) in [5.74, 6) is -0.230. The van der Waals surface area contributed by atoms with E-state index in [2.05, 4.69) is 4.98 Å². The molecule has 130 valence electrons. The standard InChI is InChI=1S/C19H13NO6/c1-9(21)24-11-3-5-13-15(7-11)20-19(23)17-14-6-4-12(25-10(2)22)8-16(14)26-18(13)17/h3-8H,1-2H3,(H,20,23). The first-order valence-corrected chi connectivity index (χ1v) is 7.81. The largest absolute Gasteiger partial charge is 0.455 e. The first-order valence-electron chi connectivity index (χ1n) is 7.81. The smallest absolute Gasteiger partial charge is 0.308 e. The summed E-state index contributed by atoms with van der Waals surface area (Å²) >= 11 is 0. The Hall–Kier alpha value is -3.61. The van der Waals surface area contributed by atoms with Crippen LogP contribution in [0.3, 0.4) is 0 Å². The van der Waals surface area contributed by atoms with Gasteiger partial charge in [0.2, 0.25) is 0 Å². The molecule has 0 saturated carbocycles. The lowest BCUT2D eigenvalue weighted by Crippen LogP contribution is -2.06. The van der Waals surface area contributed by atoms with Gasteiger partial charge in [-0.15, -0.1) is 0 Å². The molecule has 2 aromatic carbocycles. The Morgan fingerprint density at radius 1 is 0.923 bits per heavy atom. The Kier molecular flexibility index (Phi) is 3.50. The van der Waals surface area contributed by atoms with E-state index in [1.807, 2.05) is 0 Å². The zero-order chi connectivity index (χ0) is 18.4. The topological polar surface area (TPSA) is 98.6 Å². The highest BCUT2D eigenvalue weighted by atomic mass is 16.5. The first kappa shape index (κ1) is 15.9. The number of esters is 2. The average molecular weight is 351 g/mol. The molecule has 4 aromatic rings. The SMILES string of the molecule is CC(=O)Oc1ccc2c(c1)[nH]c(=O)c1c3ccc(OC(C)=O)cc3oc21. The molecular weight excluding hydrogens is 338 g/mol. The fourth-order valence-electron chi connectivity index (χ4n) is 2.96. The van der Waals surface area contributed by atoms with Crippen LogP contribution in [0.5, 0.6) is 11.5 Å². The van der Waals surface area contributed by atoms with Crippen LogP contribution < -0.4 is 15.0 Å². The van der Waals surface area contributed by atoms with Gasteiger partial charge in [-0.1, -0.05) is 0 Å². The minimum absolute atomic E-state index is 0.327. The average Bonchev–Trinajstić information content (AvgIpc) is 2.92. The van der Waals surface area contributed by atoms with Crippen molar-refractivity contribution in [2.75, 3.05) is 0 Å². The molecule has 0 aliphatic carbocycles. The number of fused-ring (bicyclic) bond motifs is 5. The van der Waals surface area contributed by atoms with Crippen LogP contribution in [0.15, 0.2) is 45.6 Å². The highest BCUT2D eigenvalue weighted by molar-refractivity contribution is 6.13. The van der Waals surface area contributed by atoms with Gasteiger partial charge in [0.25, 0.3) is 5.56 Å². The summed E-state index contributed by atoms with van der Waals surface area (Å²) in [7, 11) is 0. The number of ether oxygens (including phenoxy) is 2. The number of hydrogen-bond donors (Lipinski definition) is 1. The van der Waals surface area contributed by atoms with Crippen molar-refractivity contribution < 1.29 is 23.5 Å².